The summed E-state index contributed by atoms with van der Waals surface area (Å²) in [4.78, 5) is 21.4. The highest BCUT2D eigenvalue weighted by molar-refractivity contribution is 9.10. The van der Waals surface area contributed by atoms with Crippen molar-refractivity contribution < 1.29 is 14.8 Å². The molecule has 1 N–H and O–H groups in total. The molecular weight excluding hydrogens is 318 g/mol. The fourth-order valence-electron chi connectivity index (χ4n) is 1.64. The molecule has 0 atom stereocenters. The van der Waals surface area contributed by atoms with Crippen molar-refractivity contribution in [2.75, 3.05) is 0 Å². The van der Waals surface area contributed by atoms with Crippen LogP contribution in [0.15, 0.2) is 34.9 Å². The van der Waals surface area contributed by atoms with Crippen LogP contribution in [-0.2, 0) is 6.54 Å². The lowest BCUT2D eigenvalue weighted by atomic mass is 10.2. The molecule has 8 heteroatoms. The van der Waals surface area contributed by atoms with E-state index in [0.29, 0.717) is 10.0 Å². The number of nitro groups is 1. The quantitative estimate of drug-likeness (QED) is 0.687. The molecule has 0 saturated carbocycles. The molecule has 0 amide bonds. The zero-order valence-electron chi connectivity index (χ0n) is 9.49. The summed E-state index contributed by atoms with van der Waals surface area (Å²) in [5.74, 6) is -1.13. The lowest BCUT2D eigenvalue weighted by Gasteiger charge is -2.06. The van der Waals surface area contributed by atoms with E-state index in [0.717, 1.165) is 0 Å². The van der Waals surface area contributed by atoms with Crippen LogP contribution >= 0.6 is 15.9 Å². The Labute approximate surface area is 115 Å². The number of carboxylic acid groups (broad SMARTS) is 1. The Bertz CT molecular complexity index is 653. The number of carboxylic acids is 1. The molecule has 0 saturated heterocycles. The van der Waals surface area contributed by atoms with Gasteiger partial charge in [0.05, 0.1) is 17.0 Å². The molecule has 0 aliphatic heterocycles. The molecule has 2 rings (SSSR count). The van der Waals surface area contributed by atoms with Crippen molar-refractivity contribution in [3.63, 3.8) is 0 Å². The Hall–Kier alpha value is -2.22. The van der Waals surface area contributed by atoms with E-state index < -0.39 is 10.9 Å². The number of hydrogen-bond donors (Lipinski definition) is 1. The number of rotatable bonds is 4. The summed E-state index contributed by atoms with van der Waals surface area (Å²) in [6.45, 7) is 0.0260. The van der Waals surface area contributed by atoms with Gasteiger partial charge in [-0.25, -0.2) is 4.79 Å². The van der Waals surface area contributed by atoms with Gasteiger partial charge in [-0.1, -0.05) is 15.9 Å². The molecule has 0 unspecified atom stereocenters. The average Bonchev–Trinajstić information content (AvgIpc) is 2.79. The van der Waals surface area contributed by atoms with E-state index in [4.69, 9.17) is 5.11 Å². The van der Waals surface area contributed by atoms with Gasteiger partial charge < -0.3 is 5.11 Å². The second kappa shape index (κ2) is 5.19. The van der Waals surface area contributed by atoms with Gasteiger partial charge in [-0.2, -0.15) is 5.10 Å². The first-order valence-electron chi connectivity index (χ1n) is 5.17. The highest BCUT2D eigenvalue weighted by atomic mass is 79.9. The fraction of sp³-hybridized carbons (Fsp3) is 0.0909. The van der Waals surface area contributed by atoms with Crippen LogP contribution in [0.1, 0.15) is 16.1 Å². The number of carbonyl (C=O) groups is 1. The summed E-state index contributed by atoms with van der Waals surface area (Å²) in [6.07, 6.45) is 1.34. The Morgan fingerprint density at radius 3 is 2.84 bits per heavy atom. The van der Waals surface area contributed by atoms with E-state index in [1.165, 1.54) is 23.0 Å². The number of hydrogen-bond acceptors (Lipinski definition) is 4. The Morgan fingerprint density at radius 2 is 2.21 bits per heavy atom. The predicted octanol–water partition coefficient (Wildman–Crippen LogP) is 2.30. The molecule has 0 fully saturated rings. The van der Waals surface area contributed by atoms with Crippen molar-refractivity contribution >= 4 is 27.6 Å². The highest BCUT2D eigenvalue weighted by Crippen LogP contribution is 2.24. The Balaban J connectivity index is 2.41. The number of nitro benzene ring substituents is 1. The predicted molar refractivity (Wildman–Crippen MR) is 69.1 cm³/mol. The van der Waals surface area contributed by atoms with Crippen LogP contribution in [-0.4, -0.2) is 25.8 Å². The maximum atomic E-state index is 11.0. The van der Waals surface area contributed by atoms with Crippen LogP contribution in [0.4, 0.5) is 5.69 Å². The lowest BCUT2D eigenvalue weighted by molar-refractivity contribution is -0.385. The first kappa shape index (κ1) is 13.2. The van der Waals surface area contributed by atoms with Gasteiger partial charge in [0.15, 0.2) is 0 Å². The third-order valence-corrected chi connectivity index (χ3v) is 2.99. The molecule has 19 heavy (non-hydrogen) atoms. The van der Waals surface area contributed by atoms with Crippen molar-refractivity contribution in [1.82, 2.24) is 9.78 Å². The number of halogens is 1. The van der Waals surface area contributed by atoms with Crippen LogP contribution in [0.5, 0.6) is 0 Å². The van der Waals surface area contributed by atoms with Crippen LogP contribution in [0.3, 0.4) is 0 Å². The number of aromatic carboxylic acids is 1. The minimum absolute atomic E-state index is 0.0165. The van der Waals surface area contributed by atoms with E-state index in [1.807, 2.05) is 0 Å². The Kier molecular flexibility index (Phi) is 3.61. The first-order valence-corrected chi connectivity index (χ1v) is 5.96. The van der Waals surface area contributed by atoms with Crippen molar-refractivity contribution in [1.29, 1.82) is 0 Å². The summed E-state index contributed by atoms with van der Waals surface area (Å²) >= 11 is 3.16. The maximum absolute atomic E-state index is 11.0. The fourth-order valence-corrected chi connectivity index (χ4v) is 1.99. The summed E-state index contributed by atoms with van der Waals surface area (Å²) in [6, 6.07) is 5.94. The number of benzene rings is 1. The Morgan fingerprint density at radius 1 is 1.47 bits per heavy atom. The normalized spacial score (nSPS) is 10.4. The molecule has 0 aliphatic carbocycles. The smallest absolute Gasteiger partial charge is 0.354 e. The van der Waals surface area contributed by atoms with E-state index in [9.17, 15) is 14.9 Å². The first-order chi connectivity index (χ1) is 8.99. The monoisotopic (exact) mass is 325 g/mol. The van der Waals surface area contributed by atoms with Gasteiger partial charge in [-0.05, 0) is 18.2 Å². The minimum Gasteiger partial charge on any atom is -0.477 e. The van der Waals surface area contributed by atoms with Crippen molar-refractivity contribution in [2.45, 2.75) is 6.54 Å². The summed E-state index contributed by atoms with van der Waals surface area (Å²) < 4.78 is 1.79. The van der Waals surface area contributed by atoms with Crippen molar-refractivity contribution in [2.24, 2.45) is 0 Å². The van der Waals surface area contributed by atoms with Gasteiger partial charge in [0.2, 0.25) is 0 Å². The minimum atomic E-state index is -1.13. The molecule has 0 aliphatic rings. The zero-order valence-corrected chi connectivity index (χ0v) is 11.1. The molecule has 0 radical (unpaired) electrons. The van der Waals surface area contributed by atoms with Crippen LogP contribution in [0, 0.1) is 10.1 Å². The third-order valence-electron chi connectivity index (χ3n) is 2.50. The molecule has 0 spiro atoms. The molecule has 2 aromatic rings. The van der Waals surface area contributed by atoms with E-state index in [-0.39, 0.29) is 17.9 Å². The largest absolute Gasteiger partial charge is 0.477 e. The maximum Gasteiger partial charge on any atom is 0.354 e. The summed E-state index contributed by atoms with van der Waals surface area (Å²) in [5.41, 5.74) is 0.290. The molecule has 1 heterocycles. The summed E-state index contributed by atoms with van der Waals surface area (Å²) in [7, 11) is 0. The molecule has 1 aromatic carbocycles. The topological polar surface area (TPSA) is 98.3 Å². The van der Waals surface area contributed by atoms with E-state index >= 15 is 0 Å². The van der Waals surface area contributed by atoms with Crippen LogP contribution < -0.4 is 0 Å². The third kappa shape index (κ3) is 2.79. The summed E-state index contributed by atoms with van der Waals surface area (Å²) in [5, 5.41) is 23.8. The van der Waals surface area contributed by atoms with Gasteiger partial charge in [0.1, 0.15) is 5.69 Å². The zero-order chi connectivity index (χ0) is 14.0. The lowest BCUT2D eigenvalue weighted by Crippen LogP contribution is -2.11. The van der Waals surface area contributed by atoms with E-state index in [2.05, 4.69) is 21.0 Å². The van der Waals surface area contributed by atoms with E-state index in [1.54, 1.807) is 12.1 Å². The highest BCUT2D eigenvalue weighted by Gasteiger charge is 2.17. The van der Waals surface area contributed by atoms with Gasteiger partial charge in [0, 0.05) is 16.7 Å². The van der Waals surface area contributed by atoms with Crippen LogP contribution in [0.2, 0.25) is 0 Å². The van der Waals surface area contributed by atoms with Gasteiger partial charge >= 0.3 is 5.97 Å². The SMILES string of the molecule is O=C(O)c1ccnn1Cc1ccc(Br)cc1[N+](=O)[O-]. The van der Waals surface area contributed by atoms with Crippen molar-refractivity contribution in [3.05, 3.63) is 56.3 Å². The molecule has 0 bridgehead atoms. The van der Waals surface area contributed by atoms with Crippen molar-refractivity contribution in [3.8, 4) is 0 Å². The standard InChI is InChI=1S/C11H8BrN3O4/c12-8-2-1-7(10(5-8)15(18)19)6-14-9(11(16)17)3-4-13-14/h1-5H,6H2,(H,16,17). The molecule has 98 valence electrons. The van der Waals surface area contributed by atoms with Gasteiger partial charge in [-0.15, -0.1) is 0 Å². The second-order valence-corrected chi connectivity index (χ2v) is 4.63. The average molecular weight is 326 g/mol. The molecule has 7 nitrogen and oxygen atoms in total. The number of aromatic nitrogens is 2. The second-order valence-electron chi connectivity index (χ2n) is 3.71. The molecule has 1 aromatic heterocycles. The molecular formula is C11H8BrN3O4. The van der Waals surface area contributed by atoms with Gasteiger partial charge in [0.25, 0.3) is 5.69 Å². The van der Waals surface area contributed by atoms with Crippen LogP contribution in [0.25, 0.3) is 0 Å². The van der Waals surface area contributed by atoms with Gasteiger partial charge in [-0.3, -0.25) is 14.8 Å². The number of nitrogens with zero attached hydrogens (tertiary/aromatic N) is 3.